The molecular formula is C72H49N7. The van der Waals surface area contributed by atoms with Gasteiger partial charge in [-0.3, -0.25) is 4.99 Å². The highest BCUT2D eigenvalue weighted by Crippen LogP contribution is 2.43. The van der Waals surface area contributed by atoms with Crippen molar-refractivity contribution in [2.75, 3.05) is 9.80 Å². The largest absolute Gasteiger partial charge is 0.360 e. The summed E-state index contributed by atoms with van der Waals surface area (Å²) in [7, 11) is 0. The first-order valence-corrected chi connectivity index (χ1v) is 26.3. The highest BCUT2D eigenvalue weighted by molar-refractivity contribution is 6.14. The average molecular weight is 1010 g/mol. The van der Waals surface area contributed by atoms with Crippen molar-refractivity contribution in [1.82, 2.24) is 9.88 Å². The molecule has 1 atom stereocenters. The zero-order valence-electron chi connectivity index (χ0n) is 42.9. The first kappa shape index (κ1) is 47.7. The third-order valence-corrected chi connectivity index (χ3v) is 14.7. The van der Waals surface area contributed by atoms with Gasteiger partial charge in [0.15, 0.2) is 0 Å². The van der Waals surface area contributed by atoms with Crippen LogP contribution < -0.4 is 15.1 Å². The summed E-state index contributed by atoms with van der Waals surface area (Å²) in [6, 6.07) is 102. The topological polar surface area (TPSA) is 83.4 Å². The van der Waals surface area contributed by atoms with Gasteiger partial charge in [0, 0.05) is 56.3 Å². The lowest BCUT2D eigenvalue weighted by Crippen LogP contribution is -2.24. The zero-order valence-corrected chi connectivity index (χ0v) is 42.9. The van der Waals surface area contributed by atoms with Crippen molar-refractivity contribution in [3.63, 3.8) is 0 Å². The molecule has 0 radical (unpaired) electrons. The Kier molecular flexibility index (Phi) is 12.7. The van der Waals surface area contributed by atoms with Crippen LogP contribution in [0.4, 0.5) is 34.1 Å². The highest BCUT2D eigenvalue weighted by atomic mass is 15.2. The molecule has 1 aliphatic heterocycles. The van der Waals surface area contributed by atoms with E-state index in [0.29, 0.717) is 11.1 Å². The van der Waals surface area contributed by atoms with Gasteiger partial charge in [-0.15, -0.1) is 0 Å². The summed E-state index contributed by atoms with van der Waals surface area (Å²) in [6.07, 6.45) is 1.69. The molecule has 7 heteroatoms. The third-order valence-electron chi connectivity index (χ3n) is 14.7. The molecular weight excluding hydrogens is 963 g/mol. The molecule has 0 fully saturated rings. The predicted molar refractivity (Wildman–Crippen MR) is 324 cm³/mol. The summed E-state index contributed by atoms with van der Waals surface area (Å²) < 4.78 is 2.40. The van der Waals surface area contributed by atoms with Gasteiger partial charge in [0.2, 0.25) is 0 Å². The van der Waals surface area contributed by atoms with Crippen LogP contribution in [0.25, 0.3) is 55.4 Å². The smallest absolute Gasteiger partial charge is 0.145 e. The number of aromatic nitrogens is 1. The monoisotopic (exact) mass is 1010 g/mol. The van der Waals surface area contributed by atoms with E-state index in [1.54, 1.807) is 0 Å². The van der Waals surface area contributed by atoms with Crippen LogP contribution in [0.1, 0.15) is 34.0 Å². The maximum absolute atomic E-state index is 9.42. The number of rotatable bonds is 12. The maximum Gasteiger partial charge on any atom is 0.145 e. The van der Waals surface area contributed by atoms with E-state index in [4.69, 9.17) is 4.99 Å². The van der Waals surface area contributed by atoms with Gasteiger partial charge in [-0.05, 0) is 166 Å². The number of nitriles is 2. The van der Waals surface area contributed by atoms with Crippen LogP contribution in [0.3, 0.4) is 0 Å². The van der Waals surface area contributed by atoms with Gasteiger partial charge in [-0.2, -0.15) is 10.5 Å². The zero-order chi connectivity index (χ0) is 53.1. The fourth-order valence-electron chi connectivity index (χ4n) is 10.7. The van der Waals surface area contributed by atoms with Gasteiger partial charge >= 0.3 is 0 Å². The number of hydrogen-bond acceptors (Lipinski definition) is 6. The Balaban J connectivity index is 0.823. The van der Waals surface area contributed by atoms with Crippen LogP contribution in [0, 0.1) is 22.7 Å². The summed E-state index contributed by atoms with van der Waals surface area (Å²) in [5, 5.41) is 24.8. The Morgan fingerprint density at radius 3 is 1.14 bits per heavy atom. The van der Waals surface area contributed by atoms with Gasteiger partial charge in [-0.1, -0.05) is 158 Å². The average Bonchev–Trinajstić information content (AvgIpc) is 3.90. The molecule has 1 unspecified atom stereocenters. The number of nitrogens with one attached hydrogen (secondary N) is 1. The minimum absolute atomic E-state index is 0.364. The predicted octanol–water partition coefficient (Wildman–Crippen LogP) is 17.9. The van der Waals surface area contributed by atoms with Crippen molar-refractivity contribution in [2.45, 2.75) is 6.17 Å². The lowest BCUT2D eigenvalue weighted by molar-refractivity contribution is 0.664. The molecule has 0 aliphatic carbocycles. The van der Waals surface area contributed by atoms with E-state index < -0.39 is 0 Å². The molecule has 372 valence electrons. The van der Waals surface area contributed by atoms with Crippen LogP contribution >= 0.6 is 0 Å². The Labute approximate surface area is 459 Å². The van der Waals surface area contributed by atoms with Gasteiger partial charge < -0.3 is 19.7 Å². The molecule has 7 nitrogen and oxygen atoms in total. The van der Waals surface area contributed by atoms with E-state index in [0.717, 1.165) is 112 Å². The molecule has 0 spiro atoms. The molecule has 1 aromatic heterocycles. The Hall–Kier alpha value is -11.0. The van der Waals surface area contributed by atoms with Gasteiger partial charge in [0.05, 0.1) is 40.0 Å². The molecule has 1 aliphatic rings. The van der Waals surface area contributed by atoms with Crippen molar-refractivity contribution in [2.24, 2.45) is 4.99 Å². The Morgan fingerprint density at radius 1 is 0.367 bits per heavy atom. The minimum Gasteiger partial charge on any atom is -0.360 e. The van der Waals surface area contributed by atoms with Crippen molar-refractivity contribution in [1.29, 1.82) is 10.5 Å². The number of allylic oxidation sites excluding steroid dienone is 1. The minimum atomic E-state index is -0.364. The molecule has 1 N–H and O–H groups in total. The number of nitrogens with zero attached hydrogens (tertiary/aromatic N) is 6. The number of anilines is 6. The van der Waals surface area contributed by atoms with E-state index >= 15 is 0 Å². The van der Waals surface area contributed by atoms with E-state index in [2.05, 4.69) is 268 Å². The summed E-state index contributed by atoms with van der Waals surface area (Å²) >= 11 is 0. The van der Waals surface area contributed by atoms with Crippen LogP contribution in [-0.4, -0.2) is 10.3 Å². The van der Waals surface area contributed by atoms with Gasteiger partial charge in [-0.25, -0.2) is 0 Å². The van der Waals surface area contributed by atoms with Gasteiger partial charge in [0.1, 0.15) is 6.17 Å². The van der Waals surface area contributed by atoms with Gasteiger partial charge in [0.25, 0.3) is 0 Å². The molecule has 0 saturated carbocycles. The SMILES string of the molecule is N#Cc1ccc(C2=NC(c3ccc(C#N)cc3)NC(c3ccc(-c4ccc(-c5ccc(-n6c7ccc(N(c8ccccc8)c8ccccc8)cc7c7cc(N(c8ccccc8)c8ccccc8)ccc76)cc5)cc4)cc3)=C2)cc1. The summed E-state index contributed by atoms with van der Waals surface area (Å²) in [4.78, 5) is 9.72. The third kappa shape index (κ3) is 9.46. The first-order chi connectivity index (χ1) is 39.0. The van der Waals surface area contributed by atoms with Crippen LogP contribution in [0.2, 0.25) is 0 Å². The number of aliphatic imine (C=N–C) groups is 1. The summed E-state index contributed by atoms with van der Waals surface area (Å²) in [5.74, 6) is 0. The molecule has 12 aromatic rings. The summed E-state index contributed by atoms with van der Waals surface area (Å²) in [5.41, 5.74) is 20.1. The van der Waals surface area contributed by atoms with Crippen molar-refractivity contribution in [3.05, 3.63) is 313 Å². The van der Waals surface area contributed by atoms with Crippen molar-refractivity contribution >= 4 is 67.3 Å². The van der Waals surface area contributed by atoms with E-state index in [1.807, 2.05) is 48.5 Å². The standard InChI is InChI=1S/C72H49N7/c73-48-50-21-25-56(26-22-50)68-47-69(76-72(75-68)58-27-23-51(49-74)24-28-58)57-35-33-54(34-36-57)52-29-31-53(32-30-52)55-37-39-63(40-38-55)79-70-43-41-64(77(59-13-5-1-6-14-59)60-15-7-2-8-16-60)45-66(70)67-46-65(42-44-71(67)79)78(61-17-9-3-10-18-61)62-19-11-4-12-20-62/h1-47,72,76H. The molecule has 0 saturated heterocycles. The van der Waals surface area contributed by atoms with Crippen LogP contribution in [0.15, 0.2) is 290 Å². The Bertz CT molecular complexity index is 4070. The molecule has 0 amide bonds. The lowest BCUT2D eigenvalue weighted by atomic mass is 9.97. The van der Waals surface area contributed by atoms with Crippen LogP contribution in [0.5, 0.6) is 0 Å². The second kappa shape index (κ2) is 21.0. The molecule has 2 heterocycles. The fourth-order valence-corrected chi connectivity index (χ4v) is 10.7. The summed E-state index contributed by atoms with van der Waals surface area (Å²) in [6.45, 7) is 0. The Morgan fingerprint density at radius 2 is 0.734 bits per heavy atom. The molecule has 11 aromatic carbocycles. The first-order valence-electron chi connectivity index (χ1n) is 26.3. The molecule has 0 bridgehead atoms. The van der Waals surface area contributed by atoms with E-state index in [9.17, 15) is 10.5 Å². The van der Waals surface area contributed by atoms with E-state index in [-0.39, 0.29) is 6.17 Å². The van der Waals surface area contributed by atoms with Crippen molar-refractivity contribution in [3.8, 4) is 40.1 Å². The number of hydrogen-bond donors (Lipinski definition) is 1. The number of para-hydroxylation sites is 4. The second-order valence-electron chi connectivity index (χ2n) is 19.5. The highest BCUT2D eigenvalue weighted by Gasteiger charge is 2.22. The number of fused-ring (bicyclic) bond motifs is 3. The quantitative estimate of drug-likeness (QED) is 0.132. The fraction of sp³-hybridized carbons (Fsp3) is 0.0139. The molecule has 79 heavy (non-hydrogen) atoms. The lowest BCUT2D eigenvalue weighted by Gasteiger charge is -2.26. The maximum atomic E-state index is 9.42. The second-order valence-corrected chi connectivity index (χ2v) is 19.5. The normalized spacial score (nSPS) is 12.9. The number of benzene rings is 11. The van der Waals surface area contributed by atoms with Crippen LogP contribution in [-0.2, 0) is 0 Å². The van der Waals surface area contributed by atoms with Crippen molar-refractivity contribution < 1.29 is 0 Å². The molecule has 13 rings (SSSR count). The van der Waals surface area contributed by atoms with E-state index in [1.165, 1.54) is 0 Å².